The summed E-state index contributed by atoms with van der Waals surface area (Å²) in [5.74, 6) is 0. The minimum Gasteiger partial charge on any atom is -0.337 e. The standard InChI is InChI=1S/C14H16N4S/c1-11-4-2-5-12-13(11)16-14(19)18(12)8-3-7-17-9-6-15-10-17/h2,4-6,9-10H,3,7-8H2,1H3,(H,16,19). The van der Waals surface area contributed by atoms with Gasteiger partial charge in [0, 0.05) is 25.5 Å². The van der Waals surface area contributed by atoms with Crippen LogP contribution >= 0.6 is 12.2 Å². The van der Waals surface area contributed by atoms with Gasteiger partial charge < -0.3 is 14.1 Å². The average Bonchev–Trinajstić information content (AvgIpc) is 3.00. The van der Waals surface area contributed by atoms with E-state index in [1.165, 1.54) is 11.1 Å². The molecule has 3 aromatic rings. The lowest BCUT2D eigenvalue weighted by atomic mass is 10.2. The monoisotopic (exact) mass is 272 g/mol. The van der Waals surface area contributed by atoms with Crippen LogP contribution in [0.15, 0.2) is 36.9 Å². The van der Waals surface area contributed by atoms with E-state index in [9.17, 15) is 0 Å². The summed E-state index contributed by atoms with van der Waals surface area (Å²) in [4.78, 5) is 7.34. The number of fused-ring (bicyclic) bond motifs is 1. The molecular formula is C14H16N4S. The van der Waals surface area contributed by atoms with Gasteiger partial charge in [-0.3, -0.25) is 0 Å². The van der Waals surface area contributed by atoms with Crippen LogP contribution in [0.4, 0.5) is 0 Å². The number of aromatic nitrogens is 4. The molecule has 0 fully saturated rings. The first kappa shape index (κ1) is 12.2. The zero-order valence-corrected chi connectivity index (χ0v) is 11.7. The summed E-state index contributed by atoms with van der Waals surface area (Å²) in [5.41, 5.74) is 3.57. The van der Waals surface area contributed by atoms with Crippen LogP contribution in [0.5, 0.6) is 0 Å². The van der Waals surface area contributed by atoms with Crippen molar-refractivity contribution in [2.24, 2.45) is 0 Å². The summed E-state index contributed by atoms with van der Waals surface area (Å²) in [7, 11) is 0. The molecule has 0 aliphatic heterocycles. The van der Waals surface area contributed by atoms with Gasteiger partial charge in [-0.25, -0.2) is 4.98 Å². The van der Waals surface area contributed by atoms with E-state index in [-0.39, 0.29) is 0 Å². The lowest BCUT2D eigenvalue weighted by Gasteiger charge is -2.05. The van der Waals surface area contributed by atoms with Gasteiger partial charge in [0.1, 0.15) is 0 Å². The number of H-pyrrole nitrogens is 1. The fourth-order valence-electron chi connectivity index (χ4n) is 2.38. The van der Waals surface area contributed by atoms with Gasteiger partial charge in [0.15, 0.2) is 4.77 Å². The summed E-state index contributed by atoms with van der Waals surface area (Å²) in [6.45, 7) is 3.98. The Hall–Kier alpha value is -1.88. The predicted molar refractivity (Wildman–Crippen MR) is 78.7 cm³/mol. The molecule has 0 amide bonds. The van der Waals surface area contributed by atoms with Crippen LogP contribution in [-0.4, -0.2) is 19.1 Å². The maximum Gasteiger partial charge on any atom is 0.178 e. The zero-order chi connectivity index (χ0) is 13.2. The van der Waals surface area contributed by atoms with E-state index in [1.807, 2.05) is 12.5 Å². The van der Waals surface area contributed by atoms with Crippen molar-refractivity contribution in [2.75, 3.05) is 0 Å². The van der Waals surface area contributed by atoms with Crippen LogP contribution in [0.1, 0.15) is 12.0 Å². The molecule has 2 heterocycles. The minimum atomic E-state index is 0.801. The SMILES string of the molecule is Cc1cccc2c1[nH]c(=S)n2CCCn1ccnc1. The molecular weight excluding hydrogens is 256 g/mol. The second-order valence-corrected chi connectivity index (χ2v) is 5.09. The molecule has 1 aromatic carbocycles. The molecule has 0 aliphatic rings. The van der Waals surface area contributed by atoms with Crippen LogP contribution < -0.4 is 0 Å². The molecule has 19 heavy (non-hydrogen) atoms. The molecule has 3 rings (SSSR count). The number of rotatable bonds is 4. The minimum absolute atomic E-state index is 0.801. The summed E-state index contributed by atoms with van der Waals surface area (Å²) in [5, 5.41) is 0. The van der Waals surface area contributed by atoms with Gasteiger partial charge in [-0.05, 0) is 37.2 Å². The number of hydrogen-bond donors (Lipinski definition) is 1. The molecule has 0 saturated heterocycles. The average molecular weight is 272 g/mol. The highest BCUT2D eigenvalue weighted by Gasteiger charge is 2.05. The number of nitrogens with zero attached hydrogens (tertiary/aromatic N) is 3. The molecule has 1 N–H and O–H groups in total. The van der Waals surface area contributed by atoms with Crippen molar-refractivity contribution in [3.8, 4) is 0 Å². The topological polar surface area (TPSA) is 38.5 Å². The second-order valence-electron chi connectivity index (χ2n) is 4.70. The van der Waals surface area contributed by atoms with E-state index in [4.69, 9.17) is 12.2 Å². The van der Waals surface area contributed by atoms with Crippen molar-refractivity contribution in [1.29, 1.82) is 0 Å². The van der Waals surface area contributed by atoms with E-state index in [1.54, 1.807) is 6.20 Å². The lowest BCUT2D eigenvalue weighted by Crippen LogP contribution is -2.02. The molecule has 98 valence electrons. The zero-order valence-electron chi connectivity index (χ0n) is 10.8. The number of aryl methyl sites for hydroxylation is 3. The normalized spacial score (nSPS) is 11.2. The molecule has 0 atom stereocenters. The van der Waals surface area contributed by atoms with Crippen molar-refractivity contribution < 1.29 is 0 Å². The van der Waals surface area contributed by atoms with Crippen molar-refractivity contribution >= 4 is 23.3 Å². The summed E-state index contributed by atoms with van der Waals surface area (Å²) < 4.78 is 5.06. The maximum absolute atomic E-state index is 5.41. The van der Waals surface area contributed by atoms with Gasteiger partial charge in [-0.15, -0.1) is 0 Å². The van der Waals surface area contributed by atoms with E-state index in [0.717, 1.165) is 29.8 Å². The van der Waals surface area contributed by atoms with Crippen molar-refractivity contribution in [3.05, 3.63) is 47.3 Å². The third kappa shape index (κ3) is 2.33. The molecule has 0 saturated carbocycles. The molecule has 2 aromatic heterocycles. The molecule has 0 aliphatic carbocycles. The first-order valence-corrected chi connectivity index (χ1v) is 6.80. The van der Waals surface area contributed by atoms with E-state index in [0.29, 0.717) is 0 Å². The third-order valence-corrected chi connectivity index (χ3v) is 3.70. The molecule has 0 bridgehead atoms. The first-order chi connectivity index (χ1) is 9.25. The Kier molecular flexibility index (Phi) is 3.21. The Bertz CT molecular complexity index is 736. The Morgan fingerprint density at radius 3 is 3.00 bits per heavy atom. The van der Waals surface area contributed by atoms with Gasteiger partial charge >= 0.3 is 0 Å². The highest BCUT2D eigenvalue weighted by Crippen LogP contribution is 2.18. The fraction of sp³-hybridized carbons (Fsp3) is 0.286. The number of aromatic amines is 1. The number of hydrogen-bond acceptors (Lipinski definition) is 2. The van der Waals surface area contributed by atoms with Crippen LogP contribution in [0, 0.1) is 11.7 Å². The quantitative estimate of drug-likeness (QED) is 0.740. The largest absolute Gasteiger partial charge is 0.337 e. The van der Waals surface area contributed by atoms with Crippen LogP contribution in [0.3, 0.4) is 0 Å². The van der Waals surface area contributed by atoms with Gasteiger partial charge in [0.05, 0.1) is 17.4 Å². The molecule has 0 unspecified atom stereocenters. The summed E-state index contributed by atoms with van der Waals surface area (Å²) >= 11 is 5.41. The van der Waals surface area contributed by atoms with E-state index < -0.39 is 0 Å². The molecule has 5 heteroatoms. The Morgan fingerprint density at radius 1 is 1.32 bits per heavy atom. The smallest absolute Gasteiger partial charge is 0.178 e. The van der Waals surface area contributed by atoms with Gasteiger partial charge in [-0.2, -0.15) is 0 Å². The molecule has 4 nitrogen and oxygen atoms in total. The summed E-state index contributed by atoms with van der Waals surface area (Å²) in [6, 6.07) is 6.29. The Labute approximate surface area is 116 Å². The van der Waals surface area contributed by atoms with Crippen LogP contribution in [0.2, 0.25) is 0 Å². The Balaban J connectivity index is 1.83. The Morgan fingerprint density at radius 2 is 2.21 bits per heavy atom. The molecule has 0 radical (unpaired) electrons. The van der Waals surface area contributed by atoms with E-state index in [2.05, 4.69) is 44.2 Å². The lowest BCUT2D eigenvalue weighted by molar-refractivity contribution is 0.568. The highest BCUT2D eigenvalue weighted by molar-refractivity contribution is 7.71. The fourth-order valence-corrected chi connectivity index (χ4v) is 2.67. The summed E-state index contributed by atoms with van der Waals surface area (Å²) in [6.07, 6.45) is 6.67. The van der Waals surface area contributed by atoms with Crippen molar-refractivity contribution in [1.82, 2.24) is 19.1 Å². The van der Waals surface area contributed by atoms with E-state index >= 15 is 0 Å². The van der Waals surface area contributed by atoms with Crippen LogP contribution in [-0.2, 0) is 13.1 Å². The second kappa shape index (κ2) is 5.01. The maximum atomic E-state index is 5.41. The highest BCUT2D eigenvalue weighted by atomic mass is 32.1. The number of benzene rings is 1. The number of imidazole rings is 2. The van der Waals surface area contributed by atoms with Crippen molar-refractivity contribution in [2.45, 2.75) is 26.4 Å². The first-order valence-electron chi connectivity index (χ1n) is 6.39. The van der Waals surface area contributed by atoms with Gasteiger partial charge in [0.2, 0.25) is 0 Å². The number of para-hydroxylation sites is 1. The molecule has 0 spiro atoms. The third-order valence-electron chi connectivity index (χ3n) is 3.38. The van der Waals surface area contributed by atoms with Crippen LogP contribution in [0.25, 0.3) is 11.0 Å². The van der Waals surface area contributed by atoms with Gasteiger partial charge in [-0.1, -0.05) is 12.1 Å². The van der Waals surface area contributed by atoms with Gasteiger partial charge in [0.25, 0.3) is 0 Å². The van der Waals surface area contributed by atoms with Crippen molar-refractivity contribution in [3.63, 3.8) is 0 Å². The number of nitrogens with one attached hydrogen (secondary N) is 1. The predicted octanol–water partition coefficient (Wildman–Crippen LogP) is 3.29.